The van der Waals surface area contributed by atoms with E-state index in [1.165, 1.54) is 18.6 Å². The summed E-state index contributed by atoms with van der Waals surface area (Å²) in [6.07, 6.45) is 2.37. The molecule has 3 heterocycles. The van der Waals surface area contributed by atoms with Crippen molar-refractivity contribution in [2.45, 2.75) is 25.4 Å². The van der Waals surface area contributed by atoms with Gasteiger partial charge in [0.2, 0.25) is 0 Å². The van der Waals surface area contributed by atoms with E-state index in [2.05, 4.69) is 20.2 Å². The summed E-state index contributed by atoms with van der Waals surface area (Å²) in [7, 11) is 0. The molecule has 1 aromatic heterocycles. The standard InChI is InChI=1S/C16H20N6O3/c23-16(21-7-6-20-5-1-2-12(20)10-21)17-9-15-18-13-4-3-11(22(24)25)8-14(13)19-15/h3-4,8,12H,1-2,5-7,9-10H2,(H,17,23)(H,18,19)/t12-/m1/s1. The van der Waals surface area contributed by atoms with Crippen LogP contribution < -0.4 is 5.32 Å². The molecule has 4 rings (SSSR count). The van der Waals surface area contributed by atoms with Crippen LogP contribution in [0.15, 0.2) is 18.2 Å². The summed E-state index contributed by atoms with van der Waals surface area (Å²) in [5, 5.41) is 13.7. The summed E-state index contributed by atoms with van der Waals surface area (Å²) in [6.45, 7) is 3.87. The number of imidazole rings is 1. The number of H-pyrrole nitrogens is 1. The van der Waals surface area contributed by atoms with Crippen LogP contribution in [0.3, 0.4) is 0 Å². The largest absolute Gasteiger partial charge is 0.340 e. The average Bonchev–Trinajstić information content (AvgIpc) is 3.24. The molecule has 2 amide bonds. The lowest BCUT2D eigenvalue weighted by Gasteiger charge is -2.37. The number of fused-ring (bicyclic) bond motifs is 2. The number of hydrogen-bond donors (Lipinski definition) is 2. The lowest BCUT2D eigenvalue weighted by atomic mass is 10.2. The van der Waals surface area contributed by atoms with E-state index in [4.69, 9.17) is 0 Å². The predicted molar refractivity (Wildman–Crippen MR) is 91.2 cm³/mol. The number of piperazine rings is 1. The first kappa shape index (κ1) is 15.8. The second-order valence-corrected chi connectivity index (χ2v) is 6.58. The number of hydrogen-bond acceptors (Lipinski definition) is 5. The number of aromatic amines is 1. The van der Waals surface area contributed by atoms with Crippen LogP contribution in [0.5, 0.6) is 0 Å². The van der Waals surface area contributed by atoms with Gasteiger partial charge in [0.25, 0.3) is 5.69 Å². The number of urea groups is 1. The van der Waals surface area contributed by atoms with Gasteiger partial charge in [-0.15, -0.1) is 0 Å². The van der Waals surface area contributed by atoms with Crippen molar-refractivity contribution in [3.05, 3.63) is 34.1 Å². The van der Waals surface area contributed by atoms with Gasteiger partial charge in [0, 0.05) is 37.8 Å². The van der Waals surface area contributed by atoms with Crippen LogP contribution in [0.25, 0.3) is 11.0 Å². The number of nitrogens with zero attached hydrogens (tertiary/aromatic N) is 4. The molecule has 0 unspecified atom stereocenters. The van der Waals surface area contributed by atoms with Gasteiger partial charge in [0.1, 0.15) is 5.82 Å². The molecule has 25 heavy (non-hydrogen) atoms. The van der Waals surface area contributed by atoms with Gasteiger partial charge in [-0.25, -0.2) is 9.78 Å². The van der Waals surface area contributed by atoms with Crippen molar-refractivity contribution >= 4 is 22.8 Å². The number of aromatic nitrogens is 2. The fourth-order valence-corrected chi connectivity index (χ4v) is 3.69. The van der Waals surface area contributed by atoms with E-state index >= 15 is 0 Å². The van der Waals surface area contributed by atoms with Gasteiger partial charge >= 0.3 is 6.03 Å². The van der Waals surface area contributed by atoms with Crippen molar-refractivity contribution < 1.29 is 9.72 Å². The number of carbonyl (C=O) groups is 1. The topological polar surface area (TPSA) is 107 Å². The van der Waals surface area contributed by atoms with Gasteiger partial charge in [0.05, 0.1) is 22.5 Å². The Bertz CT molecular complexity index is 819. The summed E-state index contributed by atoms with van der Waals surface area (Å²) in [6, 6.07) is 4.89. The maximum absolute atomic E-state index is 12.4. The zero-order chi connectivity index (χ0) is 17.4. The molecule has 1 atom stereocenters. The van der Waals surface area contributed by atoms with E-state index in [0.29, 0.717) is 22.9 Å². The minimum absolute atomic E-state index is 0.0150. The lowest BCUT2D eigenvalue weighted by molar-refractivity contribution is -0.384. The fraction of sp³-hybridized carbons (Fsp3) is 0.500. The Morgan fingerprint density at radius 1 is 1.40 bits per heavy atom. The van der Waals surface area contributed by atoms with E-state index in [1.54, 1.807) is 6.07 Å². The highest BCUT2D eigenvalue weighted by Crippen LogP contribution is 2.22. The Morgan fingerprint density at radius 3 is 3.12 bits per heavy atom. The van der Waals surface area contributed by atoms with Crippen molar-refractivity contribution in [2.75, 3.05) is 26.2 Å². The first-order valence-corrected chi connectivity index (χ1v) is 8.50. The van der Waals surface area contributed by atoms with Crippen LogP contribution in [0, 0.1) is 10.1 Å². The summed E-state index contributed by atoms with van der Waals surface area (Å²) < 4.78 is 0. The van der Waals surface area contributed by atoms with Crippen molar-refractivity contribution in [3.8, 4) is 0 Å². The number of non-ortho nitro benzene ring substituents is 1. The number of nitrogens with one attached hydrogen (secondary N) is 2. The Labute approximate surface area is 144 Å². The molecule has 9 nitrogen and oxygen atoms in total. The summed E-state index contributed by atoms with van der Waals surface area (Å²) in [4.78, 5) is 34.5. The molecule has 0 saturated carbocycles. The summed E-state index contributed by atoms with van der Waals surface area (Å²) in [5.74, 6) is 0.586. The smallest absolute Gasteiger partial charge is 0.317 e. The summed E-state index contributed by atoms with van der Waals surface area (Å²) in [5.41, 5.74) is 1.26. The fourth-order valence-electron chi connectivity index (χ4n) is 3.69. The molecule has 2 aliphatic rings. The van der Waals surface area contributed by atoms with Gasteiger partial charge in [-0.2, -0.15) is 0 Å². The van der Waals surface area contributed by atoms with Gasteiger partial charge in [-0.3, -0.25) is 15.0 Å². The zero-order valence-electron chi connectivity index (χ0n) is 13.8. The molecule has 0 aliphatic carbocycles. The molecule has 2 saturated heterocycles. The van der Waals surface area contributed by atoms with Crippen LogP contribution in [0.2, 0.25) is 0 Å². The Hall–Kier alpha value is -2.68. The maximum Gasteiger partial charge on any atom is 0.317 e. The quantitative estimate of drug-likeness (QED) is 0.647. The van der Waals surface area contributed by atoms with Gasteiger partial charge in [-0.1, -0.05) is 0 Å². The SMILES string of the molecule is O=C(NCc1nc2ccc([N+](=O)[O-])cc2[nH]1)N1CCN2CCC[C@@H]2C1. The van der Waals surface area contributed by atoms with Crippen molar-refractivity contribution in [3.63, 3.8) is 0 Å². The lowest BCUT2D eigenvalue weighted by Crippen LogP contribution is -2.54. The molecule has 132 valence electrons. The molecule has 2 aliphatic heterocycles. The number of benzene rings is 1. The van der Waals surface area contributed by atoms with E-state index < -0.39 is 4.92 Å². The number of nitro groups is 1. The minimum Gasteiger partial charge on any atom is -0.340 e. The molecule has 1 aromatic carbocycles. The molecular formula is C16H20N6O3. The van der Waals surface area contributed by atoms with Crippen LogP contribution in [0.1, 0.15) is 18.7 Å². The normalized spacial score (nSPS) is 20.6. The highest BCUT2D eigenvalue weighted by molar-refractivity contribution is 5.78. The Balaban J connectivity index is 1.38. The average molecular weight is 344 g/mol. The highest BCUT2D eigenvalue weighted by atomic mass is 16.6. The second kappa shape index (κ2) is 6.32. The molecular weight excluding hydrogens is 324 g/mol. The highest BCUT2D eigenvalue weighted by Gasteiger charge is 2.32. The second-order valence-electron chi connectivity index (χ2n) is 6.58. The van der Waals surface area contributed by atoms with E-state index in [1.807, 2.05) is 4.90 Å². The first-order valence-electron chi connectivity index (χ1n) is 8.50. The van der Waals surface area contributed by atoms with E-state index in [9.17, 15) is 14.9 Å². The summed E-state index contributed by atoms with van der Waals surface area (Å²) >= 11 is 0. The minimum atomic E-state index is -0.440. The maximum atomic E-state index is 12.4. The van der Waals surface area contributed by atoms with Crippen LogP contribution in [-0.4, -0.2) is 62.9 Å². The molecule has 0 spiro atoms. The molecule has 0 bridgehead atoms. The van der Waals surface area contributed by atoms with Crippen LogP contribution in [-0.2, 0) is 6.54 Å². The predicted octanol–water partition coefficient (Wildman–Crippen LogP) is 1.46. The molecule has 0 radical (unpaired) electrons. The number of carbonyl (C=O) groups excluding carboxylic acids is 1. The van der Waals surface area contributed by atoms with Crippen LogP contribution in [0.4, 0.5) is 10.5 Å². The third kappa shape index (κ3) is 3.14. The van der Waals surface area contributed by atoms with Crippen molar-refractivity contribution in [2.24, 2.45) is 0 Å². The molecule has 2 aromatic rings. The monoisotopic (exact) mass is 344 g/mol. The number of rotatable bonds is 3. The Kier molecular flexibility index (Phi) is 4.00. The number of nitro benzene ring substituents is 1. The van der Waals surface area contributed by atoms with Crippen LogP contribution >= 0.6 is 0 Å². The first-order chi connectivity index (χ1) is 12.1. The molecule has 2 N–H and O–H groups in total. The van der Waals surface area contributed by atoms with Crippen molar-refractivity contribution in [1.82, 2.24) is 25.1 Å². The van der Waals surface area contributed by atoms with Gasteiger partial charge < -0.3 is 15.2 Å². The van der Waals surface area contributed by atoms with Crippen molar-refractivity contribution in [1.29, 1.82) is 0 Å². The third-order valence-corrected chi connectivity index (χ3v) is 5.01. The van der Waals surface area contributed by atoms with E-state index in [-0.39, 0.29) is 18.3 Å². The molecule has 2 fully saturated rings. The molecule has 9 heteroatoms. The zero-order valence-corrected chi connectivity index (χ0v) is 13.8. The number of amides is 2. The third-order valence-electron chi connectivity index (χ3n) is 5.01. The van der Waals surface area contributed by atoms with E-state index in [0.717, 1.165) is 32.6 Å². The van der Waals surface area contributed by atoms with Gasteiger partial charge in [0.15, 0.2) is 0 Å². The van der Waals surface area contributed by atoms with Gasteiger partial charge in [-0.05, 0) is 25.5 Å². The Morgan fingerprint density at radius 2 is 2.28 bits per heavy atom.